The van der Waals surface area contributed by atoms with Crippen molar-refractivity contribution < 1.29 is 9.47 Å². The van der Waals surface area contributed by atoms with Gasteiger partial charge in [0.1, 0.15) is 0 Å². The zero-order valence-electron chi connectivity index (χ0n) is 14.3. The summed E-state index contributed by atoms with van der Waals surface area (Å²) < 4.78 is 10.9. The van der Waals surface area contributed by atoms with Gasteiger partial charge in [0, 0.05) is 45.1 Å². The van der Waals surface area contributed by atoms with E-state index in [0.29, 0.717) is 13.2 Å². The molecule has 1 saturated heterocycles. The Hall–Kier alpha value is -0.450. The average Bonchev–Trinajstić information content (AvgIpc) is 2.82. The molecule has 1 aromatic rings. The van der Waals surface area contributed by atoms with Gasteiger partial charge in [0.25, 0.3) is 0 Å². The molecule has 0 amide bonds. The molecule has 1 aliphatic heterocycles. The highest BCUT2D eigenvalue weighted by Crippen LogP contribution is 2.17. The molecule has 0 aliphatic carbocycles. The molecule has 1 atom stereocenters. The summed E-state index contributed by atoms with van der Waals surface area (Å²) >= 11 is 1.78. The van der Waals surface area contributed by atoms with Crippen LogP contribution in [0, 0.1) is 13.8 Å². The number of aromatic nitrogens is 1. The maximum absolute atomic E-state index is 5.68. The molecule has 1 aromatic heterocycles. The van der Waals surface area contributed by atoms with E-state index in [0.717, 1.165) is 42.7 Å². The third-order valence-corrected chi connectivity index (χ3v) is 4.77. The van der Waals surface area contributed by atoms with Crippen LogP contribution in [0.4, 0.5) is 0 Å². The molecule has 1 unspecified atom stereocenters. The summed E-state index contributed by atoms with van der Waals surface area (Å²) in [5, 5.41) is 4.58. The summed E-state index contributed by atoms with van der Waals surface area (Å²) in [7, 11) is 3.53. The predicted octanol–water partition coefficient (Wildman–Crippen LogP) is 1.84. The molecule has 6 nitrogen and oxygen atoms in total. The number of morpholine rings is 1. The summed E-state index contributed by atoms with van der Waals surface area (Å²) in [6.45, 7) is 7.99. The largest absolute Gasteiger partial charge is 0.382 e. The Balaban J connectivity index is 0.00000264. The van der Waals surface area contributed by atoms with Crippen molar-refractivity contribution in [3.8, 4) is 0 Å². The van der Waals surface area contributed by atoms with Crippen LogP contribution in [-0.4, -0.2) is 69.0 Å². The number of aryl methyl sites for hydroxylation is 2. The van der Waals surface area contributed by atoms with Crippen molar-refractivity contribution in [1.29, 1.82) is 0 Å². The highest BCUT2D eigenvalue weighted by atomic mass is 127. The fourth-order valence-corrected chi connectivity index (χ4v) is 3.56. The monoisotopic (exact) mass is 454 g/mol. The third-order valence-electron chi connectivity index (χ3n) is 3.64. The standard InChI is InChI=1S/C15H26N4O2S.HI/c1-11-14(22-12(2)18-11)5-6-17-15(16-3)19-7-8-21-13(9-19)10-20-4;/h13H,5-10H2,1-4H3,(H,16,17);1H. The van der Waals surface area contributed by atoms with Crippen molar-refractivity contribution >= 4 is 41.3 Å². The van der Waals surface area contributed by atoms with Gasteiger partial charge in [0.2, 0.25) is 0 Å². The van der Waals surface area contributed by atoms with Gasteiger partial charge in [-0.2, -0.15) is 0 Å². The fourth-order valence-electron chi connectivity index (χ4n) is 2.62. The second-order valence-electron chi connectivity index (χ2n) is 5.36. The molecule has 132 valence electrons. The number of rotatable bonds is 5. The second kappa shape index (κ2) is 10.4. The van der Waals surface area contributed by atoms with E-state index in [-0.39, 0.29) is 30.1 Å². The fraction of sp³-hybridized carbons (Fsp3) is 0.733. The van der Waals surface area contributed by atoms with Gasteiger partial charge in [-0.05, 0) is 13.8 Å². The number of hydrogen-bond donors (Lipinski definition) is 1. The molecule has 0 spiro atoms. The quantitative estimate of drug-likeness (QED) is 0.418. The molecule has 1 N–H and O–H groups in total. The molecular weight excluding hydrogens is 427 g/mol. The lowest BCUT2D eigenvalue weighted by Gasteiger charge is -2.34. The number of nitrogens with zero attached hydrogens (tertiary/aromatic N) is 3. The molecule has 1 fully saturated rings. The molecule has 23 heavy (non-hydrogen) atoms. The Kier molecular flexibility index (Phi) is 9.33. The highest BCUT2D eigenvalue weighted by molar-refractivity contribution is 14.0. The summed E-state index contributed by atoms with van der Waals surface area (Å²) in [5.41, 5.74) is 1.14. The predicted molar refractivity (Wildman–Crippen MR) is 105 cm³/mol. The number of nitrogens with one attached hydrogen (secondary N) is 1. The topological polar surface area (TPSA) is 59.0 Å². The first-order valence-corrected chi connectivity index (χ1v) is 8.44. The van der Waals surface area contributed by atoms with E-state index in [1.807, 2.05) is 7.05 Å². The van der Waals surface area contributed by atoms with E-state index < -0.39 is 0 Å². The molecule has 0 radical (unpaired) electrons. The Labute approximate surface area is 159 Å². The number of thiazole rings is 1. The molecule has 0 saturated carbocycles. The lowest BCUT2D eigenvalue weighted by atomic mass is 10.3. The van der Waals surface area contributed by atoms with Crippen LogP contribution in [0.25, 0.3) is 0 Å². The second-order valence-corrected chi connectivity index (χ2v) is 6.65. The van der Waals surface area contributed by atoms with Gasteiger partial charge >= 0.3 is 0 Å². The minimum absolute atomic E-state index is 0. The van der Waals surface area contributed by atoms with Crippen LogP contribution in [0.15, 0.2) is 4.99 Å². The van der Waals surface area contributed by atoms with Crippen LogP contribution < -0.4 is 5.32 Å². The lowest BCUT2D eigenvalue weighted by molar-refractivity contribution is -0.0447. The summed E-state index contributed by atoms with van der Waals surface area (Å²) in [4.78, 5) is 12.4. The van der Waals surface area contributed by atoms with E-state index in [1.54, 1.807) is 18.4 Å². The van der Waals surface area contributed by atoms with Crippen LogP contribution in [0.3, 0.4) is 0 Å². The van der Waals surface area contributed by atoms with E-state index in [4.69, 9.17) is 9.47 Å². The highest BCUT2D eigenvalue weighted by Gasteiger charge is 2.22. The van der Waals surface area contributed by atoms with E-state index in [1.165, 1.54) is 4.88 Å². The van der Waals surface area contributed by atoms with Gasteiger partial charge in [-0.15, -0.1) is 35.3 Å². The Morgan fingerprint density at radius 2 is 2.30 bits per heavy atom. The van der Waals surface area contributed by atoms with Crippen LogP contribution >= 0.6 is 35.3 Å². The number of methoxy groups -OCH3 is 1. The zero-order chi connectivity index (χ0) is 15.9. The van der Waals surface area contributed by atoms with Crippen molar-refractivity contribution in [3.63, 3.8) is 0 Å². The van der Waals surface area contributed by atoms with Gasteiger partial charge in [-0.25, -0.2) is 4.98 Å². The Morgan fingerprint density at radius 1 is 1.52 bits per heavy atom. The van der Waals surface area contributed by atoms with Gasteiger partial charge in [-0.1, -0.05) is 0 Å². The molecule has 2 rings (SSSR count). The van der Waals surface area contributed by atoms with E-state index in [9.17, 15) is 0 Å². The van der Waals surface area contributed by atoms with Crippen LogP contribution in [0.2, 0.25) is 0 Å². The lowest BCUT2D eigenvalue weighted by Crippen LogP contribution is -2.51. The smallest absolute Gasteiger partial charge is 0.193 e. The van der Waals surface area contributed by atoms with Crippen molar-refractivity contribution in [3.05, 3.63) is 15.6 Å². The Morgan fingerprint density at radius 3 is 2.91 bits per heavy atom. The van der Waals surface area contributed by atoms with Gasteiger partial charge in [-0.3, -0.25) is 4.99 Å². The van der Waals surface area contributed by atoms with E-state index >= 15 is 0 Å². The van der Waals surface area contributed by atoms with Crippen LogP contribution in [0.1, 0.15) is 15.6 Å². The number of hydrogen-bond acceptors (Lipinski definition) is 5. The maximum atomic E-state index is 5.68. The molecule has 8 heteroatoms. The zero-order valence-corrected chi connectivity index (χ0v) is 17.4. The third kappa shape index (κ3) is 6.17. The normalized spacial score (nSPS) is 18.7. The maximum Gasteiger partial charge on any atom is 0.193 e. The number of guanidine groups is 1. The first-order valence-electron chi connectivity index (χ1n) is 7.63. The summed E-state index contributed by atoms with van der Waals surface area (Å²) in [6.07, 6.45) is 1.09. The molecular formula is C15H27IN4O2S. The molecule has 0 aromatic carbocycles. The van der Waals surface area contributed by atoms with Crippen molar-refractivity contribution in [1.82, 2.24) is 15.2 Å². The van der Waals surface area contributed by atoms with Crippen LogP contribution in [-0.2, 0) is 15.9 Å². The number of aliphatic imine (C=N–C) groups is 1. The minimum atomic E-state index is 0. The van der Waals surface area contributed by atoms with Crippen molar-refractivity contribution in [2.45, 2.75) is 26.4 Å². The minimum Gasteiger partial charge on any atom is -0.382 e. The van der Waals surface area contributed by atoms with Gasteiger partial charge < -0.3 is 19.7 Å². The van der Waals surface area contributed by atoms with E-state index in [2.05, 4.69) is 34.0 Å². The SMILES string of the molecule is CN=C(NCCc1sc(C)nc1C)N1CCOC(COC)C1.I. The van der Waals surface area contributed by atoms with Gasteiger partial charge in [0.15, 0.2) is 5.96 Å². The molecule has 2 heterocycles. The molecule has 0 bridgehead atoms. The van der Waals surface area contributed by atoms with Crippen LogP contribution in [0.5, 0.6) is 0 Å². The summed E-state index contributed by atoms with van der Waals surface area (Å²) in [5.74, 6) is 0.934. The summed E-state index contributed by atoms with van der Waals surface area (Å²) in [6, 6.07) is 0. The average molecular weight is 454 g/mol. The van der Waals surface area contributed by atoms with Crippen molar-refractivity contribution in [2.75, 3.05) is 47.0 Å². The van der Waals surface area contributed by atoms with Crippen molar-refractivity contribution in [2.24, 2.45) is 4.99 Å². The first kappa shape index (κ1) is 20.6. The number of ether oxygens (including phenoxy) is 2. The first-order chi connectivity index (χ1) is 10.6. The number of halogens is 1. The van der Waals surface area contributed by atoms with Gasteiger partial charge in [0.05, 0.1) is 30.0 Å². The Bertz CT molecular complexity index is 508. The molecule has 1 aliphatic rings.